The van der Waals surface area contributed by atoms with Crippen LogP contribution in [0, 0.1) is 5.41 Å². The first-order chi connectivity index (χ1) is 2.41. The number of rotatable bonds is 2. The fraction of sp³-hybridized carbons (Fsp3) is 0.500. The number of hydrogen-bond donors (Lipinski definition) is 1. The van der Waals surface area contributed by atoms with E-state index in [0.29, 0.717) is 6.54 Å². The third-order valence-corrected chi connectivity index (χ3v) is 0.408. The van der Waals surface area contributed by atoms with E-state index in [1.54, 1.807) is 0 Å². The zero-order valence-electron chi connectivity index (χ0n) is 2.81. The summed E-state index contributed by atoms with van der Waals surface area (Å²) in [6.45, 7) is 0.519. The highest BCUT2D eigenvalue weighted by molar-refractivity contribution is 7.04. The number of nitrogens with one attached hydrogen (secondary N) is 1. The molecule has 1 N–H and O–H groups in total. The summed E-state index contributed by atoms with van der Waals surface area (Å²) < 4.78 is 3.53. The van der Waals surface area contributed by atoms with Crippen molar-refractivity contribution in [2.45, 2.75) is 0 Å². The molecule has 1 unspecified atom stereocenters. The Kier molecular flexibility index (Phi) is 3.60. The van der Waals surface area contributed by atoms with Crippen LogP contribution in [0.4, 0.5) is 0 Å². The van der Waals surface area contributed by atoms with Crippen LogP contribution in [-0.4, -0.2) is 12.8 Å². The molecule has 0 aromatic rings. The Labute approximate surface area is 33.0 Å². The minimum absolute atomic E-state index is 0.519. The van der Waals surface area contributed by atoms with Crippen LogP contribution >= 0.6 is 9.03 Å². The average molecular weight is 89.1 g/mol. The highest BCUT2D eigenvalue weighted by Crippen LogP contribution is 1.64. The Balaban J connectivity index is 2.65. The second-order valence-corrected chi connectivity index (χ2v) is 0.934. The van der Waals surface area contributed by atoms with E-state index in [0.717, 1.165) is 0 Å². The van der Waals surface area contributed by atoms with Gasteiger partial charge in [-0.05, 0) is 0 Å². The molecule has 0 aliphatic rings. The normalized spacial score (nSPS) is 6.40. The van der Waals surface area contributed by atoms with E-state index in [4.69, 9.17) is 5.41 Å². The summed E-state index contributed by atoms with van der Waals surface area (Å²) in [6, 6.07) is 0. The molecule has 0 heterocycles. The maximum absolute atomic E-state index is 6.37. The third kappa shape index (κ3) is 3.77. The van der Waals surface area contributed by atoms with E-state index in [9.17, 15) is 0 Å². The van der Waals surface area contributed by atoms with Crippen molar-refractivity contribution in [1.82, 2.24) is 0 Å². The molecule has 5 heavy (non-hydrogen) atoms. The van der Waals surface area contributed by atoms with Gasteiger partial charge in [-0.25, -0.2) is 0 Å². The van der Waals surface area contributed by atoms with E-state index in [-0.39, 0.29) is 0 Å². The predicted octanol–water partition coefficient (Wildman–Crippen LogP) is 0.695. The third-order valence-electron chi connectivity index (χ3n) is 0.197. The van der Waals surface area contributed by atoms with Crippen LogP contribution in [0.3, 0.4) is 0 Å². The van der Waals surface area contributed by atoms with Crippen LogP contribution in [0.5, 0.6) is 0 Å². The monoisotopic (exact) mass is 89.0 g/mol. The lowest BCUT2D eigenvalue weighted by atomic mass is 10.8. The molecule has 0 amide bonds. The fourth-order valence-corrected chi connectivity index (χ4v) is 0.158. The Bertz CT molecular complexity index is 36.9. The van der Waals surface area contributed by atoms with Gasteiger partial charge in [-0.2, -0.15) is 0 Å². The molecule has 0 spiro atoms. The SMILES string of the molecule is N=CCN=[PH2+]. The summed E-state index contributed by atoms with van der Waals surface area (Å²) in [5.74, 6) is 0. The van der Waals surface area contributed by atoms with Gasteiger partial charge in [-0.3, -0.25) is 0 Å². The maximum atomic E-state index is 6.37. The van der Waals surface area contributed by atoms with E-state index >= 15 is 0 Å². The van der Waals surface area contributed by atoms with Gasteiger partial charge < -0.3 is 5.41 Å². The summed E-state index contributed by atoms with van der Waals surface area (Å²) in [5.41, 5.74) is 0. The summed E-state index contributed by atoms with van der Waals surface area (Å²) in [7, 11) is 2.17. The molecular formula is C2H6N2P+. The first kappa shape index (κ1) is 4.77. The highest BCUT2D eigenvalue weighted by atomic mass is 31.0. The summed E-state index contributed by atoms with van der Waals surface area (Å²) >= 11 is 0. The molecule has 2 nitrogen and oxygen atoms in total. The lowest BCUT2D eigenvalue weighted by Crippen LogP contribution is -1.69. The second kappa shape index (κ2) is 3.77. The van der Waals surface area contributed by atoms with Gasteiger partial charge in [0.1, 0.15) is 6.54 Å². The molecule has 0 rings (SSSR count). The zero-order valence-corrected chi connectivity index (χ0v) is 3.96. The molecule has 0 radical (unpaired) electrons. The molecule has 0 aromatic heterocycles. The largest absolute Gasteiger partial charge is 0.311 e. The number of nitrogens with zero attached hydrogens (tertiary/aromatic N) is 1. The molecule has 1 atom stereocenters. The van der Waals surface area contributed by atoms with Crippen LogP contribution in [0.25, 0.3) is 0 Å². The van der Waals surface area contributed by atoms with E-state index in [2.05, 4.69) is 13.8 Å². The van der Waals surface area contributed by atoms with Gasteiger partial charge in [-0.1, -0.05) is 0 Å². The minimum Gasteiger partial charge on any atom is -0.311 e. The molecule has 3 heteroatoms. The Morgan fingerprint density at radius 2 is 2.60 bits per heavy atom. The van der Waals surface area contributed by atoms with Gasteiger partial charge in [-0.15, -0.1) is 4.74 Å². The highest BCUT2D eigenvalue weighted by Gasteiger charge is 1.61. The minimum atomic E-state index is 0.519. The van der Waals surface area contributed by atoms with Crippen LogP contribution in [0.1, 0.15) is 0 Å². The van der Waals surface area contributed by atoms with Crippen LogP contribution in [0.15, 0.2) is 4.74 Å². The maximum Gasteiger partial charge on any atom is 0.171 e. The molecule has 28 valence electrons. The topological polar surface area (TPSA) is 36.2 Å². The van der Waals surface area contributed by atoms with Crippen molar-refractivity contribution in [1.29, 1.82) is 5.41 Å². The van der Waals surface area contributed by atoms with Gasteiger partial charge in [0.25, 0.3) is 0 Å². The van der Waals surface area contributed by atoms with Crippen LogP contribution in [0.2, 0.25) is 0 Å². The summed E-state index contributed by atoms with van der Waals surface area (Å²) in [5, 5.41) is 6.37. The second-order valence-electron chi connectivity index (χ2n) is 0.569. The lowest BCUT2D eigenvalue weighted by molar-refractivity contribution is 1.34. The first-order valence-electron chi connectivity index (χ1n) is 1.27. The van der Waals surface area contributed by atoms with Crippen LogP contribution < -0.4 is 0 Å². The van der Waals surface area contributed by atoms with Crippen molar-refractivity contribution >= 4 is 15.2 Å². The van der Waals surface area contributed by atoms with Gasteiger partial charge in [0, 0.05) is 6.21 Å². The fourth-order valence-electron chi connectivity index (χ4n) is 0.0527. The number of hydrogen-bond acceptors (Lipinski definition) is 2. The predicted molar refractivity (Wildman–Crippen MR) is 25.8 cm³/mol. The van der Waals surface area contributed by atoms with E-state index in [1.807, 2.05) is 0 Å². The smallest absolute Gasteiger partial charge is 0.171 e. The zero-order chi connectivity index (χ0) is 4.12. The molecule has 0 bridgehead atoms. The molecule has 0 aliphatic carbocycles. The lowest BCUT2D eigenvalue weighted by Gasteiger charge is -1.57. The van der Waals surface area contributed by atoms with E-state index < -0.39 is 0 Å². The van der Waals surface area contributed by atoms with Crippen molar-refractivity contribution < 1.29 is 0 Å². The van der Waals surface area contributed by atoms with Crippen LogP contribution in [-0.2, 0) is 0 Å². The summed E-state index contributed by atoms with van der Waals surface area (Å²) in [4.78, 5) is 0. The standard InChI is InChI=1S/C2H5N2P/c3-1-2-4-5/h1,3,5H,2H2/p+1. The molecule has 0 saturated heterocycles. The van der Waals surface area contributed by atoms with Gasteiger partial charge in [0.2, 0.25) is 0 Å². The van der Waals surface area contributed by atoms with Gasteiger partial charge >= 0.3 is 0 Å². The van der Waals surface area contributed by atoms with Gasteiger partial charge in [0.15, 0.2) is 9.03 Å². The van der Waals surface area contributed by atoms with Crippen molar-refractivity contribution in [3.05, 3.63) is 0 Å². The first-order valence-corrected chi connectivity index (χ1v) is 1.79. The van der Waals surface area contributed by atoms with E-state index in [1.165, 1.54) is 6.21 Å². The Morgan fingerprint density at radius 1 is 2.00 bits per heavy atom. The molecule has 0 aromatic carbocycles. The summed E-state index contributed by atoms with van der Waals surface area (Å²) in [6.07, 6.45) is 1.24. The molecule has 0 saturated carbocycles. The van der Waals surface area contributed by atoms with Crippen molar-refractivity contribution in [3.8, 4) is 0 Å². The van der Waals surface area contributed by atoms with Crippen molar-refractivity contribution in [3.63, 3.8) is 0 Å². The van der Waals surface area contributed by atoms with Crippen molar-refractivity contribution in [2.24, 2.45) is 4.74 Å². The molecule has 0 fully saturated rings. The molecular weight excluding hydrogens is 83.0 g/mol. The Hall–Kier alpha value is -0.230. The average Bonchev–Trinajstić information content (AvgIpc) is 1.41. The molecule has 0 aliphatic heterocycles. The quantitative estimate of drug-likeness (QED) is 0.382. The van der Waals surface area contributed by atoms with Crippen molar-refractivity contribution in [2.75, 3.05) is 6.54 Å². The van der Waals surface area contributed by atoms with Gasteiger partial charge in [0.05, 0.1) is 0 Å². The Morgan fingerprint density at radius 3 is 2.60 bits per heavy atom.